The Balaban J connectivity index is 2.35. The third kappa shape index (κ3) is 5.41. The Morgan fingerprint density at radius 3 is 2.44 bits per heavy atom. The minimum absolute atomic E-state index is 0.0539. The fourth-order valence-corrected chi connectivity index (χ4v) is 3.18. The summed E-state index contributed by atoms with van der Waals surface area (Å²) >= 11 is 0. The molecule has 1 aromatic carbocycles. The number of aryl methyl sites for hydroxylation is 1. The molecule has 27 heavy (non-hydrogen) atoms. The maximum Gasteiger partial charge on any atom is 0.461 e. The van der Waals surface area contributed by atoms with Crippen molar-refractivity contribution >= 4 is 19.1 Å². The number of rotatable bonds is 9. The highest BCUT2D eigenvalue weighted by Crippen LogP contribution is 2.34. The quantitative estimate of drug-likeness (QED) is 0.320. The van der Waals surface area contributed by atoms with Gasteiger partial charge in [0.15, 0.2) is 5.75 Å². The van der Waals surface area contributed by atoms with Crippen LogP contribution in [0.4, 0.5) is 22.0 Å². The Morgan fingerprint density at radius 1 is 1.22 bits per heavy atom. The number of alkyl halides is 4. The largest absolute Gasteiger partial charge is 0.461 e. The van der Waals surface area contributed by atoms with Crippen molar-refractivity contribution < 1.29 is 31.4 Å². The van der Waals surface area contributed by atoms with Gasteiger partial charge in [-0.1, -0.05) is 26.6 Å². The van der Waals surface area contributed by atoms with Crippen molar-refractivity contribution in [2.45, 2.75) is 58.3 Å². The Bertz CT molecular complexity index is 790. The lowest BCUT2D eigenvalue weighted by molar-refractivity contribution is -0.252. The maximum absolute atomic E-state index is 13.9. The minimum Gasteiger partial charge on any atom is -0.426 e. The van der Waals surface area contributed by atoms with Gasteiger partial charge in [0, 0.05) is 33.2 Å². The van der Waals surface area contributed by atoms with E-state index in [0.29, 0.717) is 24.9 Å². The van der Waals surface area contributed by atoms with Crippen LogP contribution in [0, 0.1) is 5.82 Å². The van der Waals surface area contributed by atoms with Crippen LogP contribution >= 0.6 is 0 Å². The van der Waals surface area contributed by atoms with Gasteiger partial charge in [0.2, 0.25) is 0 Å². The van der Waals surface area contributed by atoms with Gasteiger partial charge in [-0.25, -0.2) is 9.37 Å². The van der Waals surface area contributed by atoms with E-state index in [1.54, 1.807) is 6.92 Å². The van der Waals surface area contributed by atoms with E-state index in [1.807, 2.05) is 0 Å². The standard InChI is InChI=1S/C17H23F5N2O2Si/c1-5-14-23-15-12(24(14)10-25-6-7-27(2,3)4)8-11(18)9-13(15)26-17(21,22)16(19)20/h8-9,16H,5-7,10H2,1-4H3. The zero-order valence-electron chi connectivity index (χ0n) is 15.7. The van der Waals surface area contributed by atoms with E-state index < -0.39 is 32.2 Å². The van der Waals surface area contributed by atoms with Gasteiger partial charge in [-0.05, 0) is 6.04 Å². The average Bonchev–Trinajstić information content (AvgIpc) is 2.88. The van der Waals surface area contributed by atoms with Crippen LogP contribution in [0.3, 0.4) is 0 Å². The molecule has 0 atom stereocenters. The highest BCUT2D eigenvalue weighted by molar-refractivity contribution is 6.76. The van der Waals surface area contributed by atoms with Crippen LogP contribution in [-0.4, -0.2) is 36.8 Å². The van der Waals surface area contributed by atoms with Crippen LogP contribution in [0.1, 0.15) is 12.7 Å². The number of halogens is 5. The molecular weight excluding hydrogens is 387 g/mol. The summed E-state index contributed by atoms with van der Waals surface area (Å²) in [6.45, 7) is 8.93. The van der Waals surface area contributed by atoms with Gasteiger partial charge in [0.1, 0.15) is 23.9 Å². The molecule has 0 spiro atoms. The molecule has 1 aromatic heterocycles. The van der Waals surface area contributed by atoms with Crippen molar-refractivity contribution in [2.24, 2.45) is 0 Å². The van der Waals surface area contributed by atoms with E-state index in [9.17, 15) is 22.0 Å². The summed E-state index contributed by atoms with van der Waals surface area (Å²) < 4.78 is 76.7. The summed E-state index contributed by atoms with van der Waals surface area (Å²) in [5.74, 6) is -1.17. The third-order valence-electron chi connectivity index (χ3n) is 3.90. The predicted octanol–water partition coefficient (Wildman–Crippen LogP) is 5.29. The summed E-state index contributed by atoms with van der Waals surface area (Å²) in [5, 5.41) is 0. The molecule has 0 amide bonds. The molecular formula is C17H23F5N2O2Si. The Morgan fingerprint density at radius 2 is 1.89 bits per heavy atom. The van der Waals surface area contributed by atoms with Crippen molar-refractivity contribution in [1.29, 1.82) is 0 Å². The number of fused-ring (bicyclic) bond motifs is 1. The fraction of sp³-hybridized carbons (Fsp3) is 0.588. The molecule has 0 aliphatic carbocycles. The summed E-state index contributed by atoms with van der Waals surface area (Å²) in [4.78, 5) is 4.16. The monoisotopic (exact) mass is 410 g/mol. The van der Waals surface area contributed by atoms with Gasteiger partial charge in [-0.15, -0.1) is 0 Å². The van der Waals surface area contributed by atoms with Gasteiger partial charge < -0.3 is 14.0 Å². The second-order valence-corrected chi connectivity index (χ2v) is 13.0. The Labute approximate surface area is 155 Å². The van der Waals surface area contributed by atoms with Crippen LogP contribution in [0.25, 0.3) is 11.0 Å². The summed E-state index contributed by atoms with van der Waals surface area (Å²) in [6, 6.07) is 2.64. The third-order valence-corrected chi connectivity index (χ3v) is 5.60. The first-order valence-corrected chi connectivity index (χ1v) is 12.3. The average molecular weight is 410 g/mol. The smallest absolute Gasteiger partial charge is 0.426 e. The highest BCUT2D eigenvalue weighted by atomic mass is 28.3. The molecule has 0 N–H and O–H groups in total. The van der Waals surface area contributed by atoms with Crippen molar-refractivity contribution in [1.82, 2.24) is 9.55 Å². The summed E-state index contributed by atoms with van der Waals surface area (Å²) in [7, 11) is -1.29. The molecule has 1 heterocycles. The van der Waals surface area contributed by atoms with Crippen molar-refractivity contribution in [3.05, 3.63) is 23.8 Å². The molecule has 0 aliphatic rings. The lowest BCUT2D eigenvalue weighted by Gasteiger charge is -2.17. The van der Waals surface area contributed by atoms with Crippen molar-refractivity contribution in [3.8, 4) is 5.75 Å². The predicted molar refractivity (Wildman–Crippen MR) is 94.8 cm³/mol. The second kappa shape index (κ2) is 8.13. The van der Waals surface area contributed by atoms with E-state index in [1.165, 1.54) is 4.57 Å². The molecule has 152 valence electrons. The minimum atomic E-state index is -4.75. The molecule has 0 radical (unpaired) electrons. The maximum atomic E-state index is 13.9. The van der Waals surface area contributed by atoms with E-state index in [0.717, 1.165) is 12.1 Å². The first-order valence-electron chi connectivity index (χ1n) is 8.56. The molecule has 4 nitrogen and oxygen atoms in total. The number of hydrogen-bond acceptors (Lipinski definition) is 3. The van der Waals surface area contributed by atoms with E-state index in [2.05, 4.69) is 29.4 Å². The Kier molecular flexibility index (Phi) is 6.51. The number of benzene rings is 1. The van der Waals surface area contributed by atoms with E-state index >= 15 is 0 Å². The molecule has 0 bridgehead atoms. The summed E-state index contributed by atoms with van der Waals surface area (Å²) in [5.41, 5.74) is 0.0438. The van der Waals surface area contributed by atoms with Crippen LogP contribution in [-0.2, 0) is 17.9 Å². The van der Waals surface area contributed by atoms with Crippen LogP contribution < -0.4 is 4.74 Å². The molecule has 2 aromatic rings. The lowest BCUT2D eigenvalue weighted by atomic mass is 10.3. The van der Waals surface area contributed by atoms with Crippen molar-refractivity contribution in [2.75, 3.05) is 6.61 Å². The van der Waals surface area contributed by atoms with Crippen LogP contribution in [0.15, 0.2) is 12.1 Å². The van der Waals surface area contributed by atoms with Gasteiger partial charge >= 0.3 is 12.5 Å². The number of ether oxygens (including phenoxy) is 2. The normalized spacial score (nSPS) is 13.0. The van der Waals surface area contributed by atoms with Gasteiger partial charge in [-0.2, -0.15) is 17.6 Å². The number of aromatic nitrogens is 2. The summed E-state index contributed by atoms with van der Waals surface area (Å²) in [6.07, 6.45) is -8.38. The lowest BCUT2D eigenvalue weighted by Crippen LogP contribution is -2.33. The molecule has 0 fully saturated rings. The SMILES string of the molecule is CCc1nc2c(OC(F)(F)C(F)F)cc(F)cc2n1COCC[Si](C)(C)C. The second-order valence-electron chi connectivity index (χ2n) is 7.39. The molecule has 0 saturated heterocycles. The molecule has 0 aliphatic heterocycles. The van der Waals surface area contributed by atoms with Gasteiger partial charge in [-0.3, -0.25) is 0 Å². The first kappa shape index (κ1) is 21.6. The highest BCUT2D eigenvalue weighted by Gasteiger charge is 2.44. The number of hydrogen-bond donors (Lipinski definition) is 0. The fourth-order valence-electron chi connectivity index (χ4n) is 2.42. The zero-order chi connectivity index (χ0) is 20.4. The molecule has 0 saturated carbocycles. The molecule has 2 rings (SSSR count). The number of nitrogens with zero attached hydrogens (tertiary/aromatic N) is 2. The Hall–Kier alpha value is -1.68. The van der Waals surface area contributed by atoms with Gasteiger partial charge in [0.05, 0.1) is 5.52 Å². The number of imidazole rings is 1. The molecule has 10 heteroatoms. The molecule has 0 unspecified atom stereocenters. The topological polar surface area (TPSA) is 36.3 Å². The van der Waals surface area contributed by atoms with Gasteiger partial charge in [0.25, 0.3) is 0 Å². The van der Waals surface area contributed by atoms with E-state index in [-0.39, 0.29) is 17.8 Å². The van der Waals surface area contributed by atoms with E-state index in [4.69, 9.17) is 4.74 Å². The zero-order valence-corrected chi connectivity index (χ0v) is 16.7. The van der Waals surface area contributed by atoms with Crippen molar-refractivity contribution in [3.63, 3.8) is 0 Å². The van der Waals surface area contributed by atoms with Crippen LogP contribution in [0.2, 0.25) is 25.7 Å². The van der Waals surface area contributed by atoms with Crippen LogP contribution in [0.5, 0.6) is 5.75 Å². The first-order chi connectivity index (χ1) is 12.4.